The van der Waals surface area contributed by atoms with Gasteiger partial charge in [-0.05, 0) is 70.8 Å². The Hall–Kier alpha value is -2.86. The van der Waals surface area contributed by atoms with E-state index in [2.05, 4.69) is 4.98 Å². The van der Waals surface area contributed by atoms with E-state index in [1.807, 2.05) is 60.6 Å². The Bertz CT molecular complexity index is 1190. The molecule has 1 N–H and O–H groups in total. The number of aromatic nitrogens is 1. The van der Waals surface area contributed by atoms with Gasteiger partial charge in [0.15, 0.2) is 0 Å². The van der Waals surface area contributed by atoms with Gasteiger partial charge in [0.25, 0.3) is 10.0 Å². The molecule has 176 valence electrons. The second kappa shape index (κ2) is 8.82. The lowest BCUT2D eigenvalue weighted by Gasteiger charge is -2.30. The first-order chi connectivity index (χ1) is 15.2. The normalized spacial score (nSPS) is 12.6. The van der Waals surface area contributed by atoms with Crippen LogP contribution in [0, 0.1) is 6.92 Å². The number of rotatable bonds is 5. The molecule has 0 bridgehead atoms. The van der Waals surface area contributed by atoms with Gasteiger partial charge in [0.05, 0.1) is 23.3 Å². The van der Waals surface area contributed by atoms with Crippen LogP contribution >= 0.6 is 0 Å². The van der Waals surface area contributed by atoms with Crippen LogP contribution in [0.25, 0.3) is 0 Å². The van der Waals surface area contributed by atoms with E-state index in [0.717, 1.165) is 22.3 Å². The minimum atomic E-state index is -3.85. The quantitative estimate of drug-likeness (QED) is 0.494. The zero-order chi connectivity index (χ0) is 24.6. The monoisotopic (exact) mass is 466 g/mol. The van der Waals surface area contributed by atoms with Crippen LogP contribution in [0.2, 0.25) is 0 Å². The van der Waals surface area contributed by atoms with Crippen LogP contribution in [0.15, 0.2) is 65.8 Å². The maximum absolute atomic E-state index is 13.7. The molecular formula is C27H34N2O3S. The van der Waals surface area contributed by atoms with Crippen LogP contribution in [0.1, 0.15) is 63.8 Å². The number of sulfonamides is 1. The van der Waals surface area contributed by atoms with Gasteiger partial charge in [0.1, 0.15) is 5.75 Å². The maximum Gasteiger partial charge on any atom is 0.264 e. The van der Waals surface area contributed by atoms with Crippen LogP contribution in [0.4, 0.5) is 5.69 Å². The van der Waals surface area contributed by atoms with Gasteiger partial charge in [-0.15, -0.1) is 0 Å². The summed E-state index contributed by atoms with van der Waals surface area (Å²) < 4.78 is 28.8. The van der Waals surface area contributed by atoms with Crippen LogP contribution < -0.4 is 4.31 Å². The number of phenols is 1. The number of hydrogen-bond donors (Lipinski definition) is 1. The predicted molar refractivity (Wildman–Crippen MR) is 134 cm³/mol. The van der Waals surface area contributed by atoms with E-state index >= 15 is 0 Å². The molecule has 33 heavy (non-hydrogen) atoms. The van der Waals surface area contributed by atoms with Gasteiger partial charge in [-0.1, -0.05) is 59.2 Å². The number of hydrogen-bond acceptors (Lipinski definition) is 4. The van der Waals surface area contributed by atoms with Crippen molar-refractivity contribution in [1.29, 1.82) is 0 Å². The van der Waals surface area contributed by atoms with Crippen LogP contribution in [0.3, 0.4) is 0 Å². The maximum atomic E-state index is 13.7. The summed E-state index contributed by atoms with van der Waals surface area (Å²) >= 11 is 0. The van der Waals surface area contributed by atoms with Crippen molar-refractivity contribution < 1.29 is 13.5 Å². The molecule has 0 unspecified atom stereocenters. The molecule has 0 aliphatic rings. The fraction of sp³-hybridized carbons (Fsp3) is 0.370. The first-order valence-corrected chi connectivity index (χ1v) is 12.5. The van der Waals surface area contributed by atoms with Crippen molar-refractivity contribution in [2.24, 2.45) is 0 Å². The minimum Gasteiger partial charge on any atom is -0.507 e. The Balaban J connectivity index is 2.19. The molecule has 0 saturated carbocycles. The Morgan fingerprint density at radius 3 is 1.91 bits per heavy atom. The van der Waals surface area contributed by atoms with E-state index < -0.39 is 10.0 Å². The van der Waals surface area contributed by atoms with Gasteiger partial charge < -0.3 is 5.11 Å². The summed E-state index contributed by atoms with van der Waals surface area (Å²) in [6.45, 7) is 14.3. The van der Waals surface area contributed by atoms with E-state index in [1.165, 1.54) is 4.31 Å². The third-order valence-corrected chi connectivity index (χ3v) is 7.44. The molecule has 1 heterocycles. The second-order valence-electron chi connectivity index (χ2n) is 10.6. The number of benzene rings is 2. The Morgan fingerprint density at radius 1 is 0.909 bits per heavy atom. The van der Waals surface area contributed by atoms with Crippen molar-refractivity contribution in [3.05, 3.63) is 83.2 Å². The summed E-state index contributed by atoms with van der Waals surface area (Å²) in [4.78, 5) is 4.37. The molecule has 2 aromatic carbocycles. The second-order valence-corrected chi connectivity index (χ2v) is 12.4. The largest absolute Gasteiger partial charge is 0.507 e. The van der Waals surface area contributed by atoms with Gasteiger partial charge in [0, 0.05) is 6.20 Å². The van der Waals surface area contributed by atoms with Gasteiger partial charge in [0.2, 0.25) is 0 Å². The molecule has 0 aliphatic heterocycles. The van der Waals surface area contributed by atoms with E-state index in [0.29, 0.717) is 5.69 Å². The fourth-order valence-corrected chi connectivity index (χ4v) is 5.19. The summed E-state index contributed by atoms with van der Waals surface area (Å²) in [6, 6.07) is 14.2. The van der Waals surface area contributed by atoms with Gasteiger partial charge in [-0.3, -0.25) is 9.29 Å². The number of aryl methyl sites for hydroxylation is 1. The smallest absolute Gasteiger partial charge is 0.264 e. The molecule has 0 spiro atoms. The van der Waals surface area contributed by atoms with Crippen molar-refractivity contribution in [3.8, 4) is 5.75 Å². The van der Waals surface area contributed by atoms with Crippen LogP contribution in [-0.2, 0) is 27.4 Å². The van der Waals surface area contributed by atoms with Crippen molar-refractivity contribution in [3.63, 3.8) is 0 Å². The number of aromatic hydroxyl groups is 1. The van der Waals surface area contributed by atoms with Crippen molar-refractivity contribution >= 4 is 15.7 Å². The molecular weight excluding hydrogens is 432 g/mol. The molecule has 0 aliphatic carbocycles. The Morgan fingerprint density at radius 2 is 1.45 bits per heavy atom. The number of phenolic OH excluding ortho intramolecular Hbond substituents is 1. The average molecular weight is 467 g/mol. The molecule has 0 radical (unpaired) electrons. The van der Waals surface area contributed by atoms with Crippen molar-refractivity contribution in [2.45, 2.75) is 70.7 Å². The summed E-state index contributed by atoms with van der Waals surface area (Å²) in [7, 11) is -3.85. The van der Waals surface area contributed by atoms with Crippen molar-refractivity contribution in [1.82, 2.24) is 4.98 Å². The van der Waals surface area contributed by atoms with E-state index in [9.17, 15) is 13.5 Å². The molecule has 3 aromatic rings. The summed E-state index contributed by atoms with van der Waals surface area (Å²) in [5.74, 6) is 0.271. The Labute approximate surface area is 198 Å². The van der Waals surface area contributed by atoms with Gasteiger partial charge >= 0.3 is 0 Å². The highest BCUT2D eigenvalue weighted by Crippen LogP contribution is 2.40. The summed E-state index contributed by atoms with van der Waals surface area (Å²) in [5.41, 5.74) is 3.25. The molecule has 0 amide bonds. The minimum absolute atomic E-state index is 0.119. The SMILES string of the molecule is Cc1ccc(S(=O)(=O)N(Cc2cc(C(C)(C)C)c(O)c(C(C)(C)C)c2)c2cccnc2)cc1. The molecule has 1 aromatic heterocycles. The summed E-state index contributed by atoms with van der Waals surface area (Å²) in [5, 5.41) is 11.1. The highest BCUT2D eigenvalue weighted by molar-refractivity contribution is 7.92. The van der Waals surface area contributed by atoms with E-state index in [-0.39, 0.29) is 28.0 Å². The number of anilines is 1. The zero-order valence-electron chi connectivity index (χ0n) is 20.5. The topological polar surface area (TPSA) is 70.5 Å². The molecule has 0 saturated heterocycles. The van der Waals surface area contributed by atoms with Crippen molar-refractivity contribution in [2.75, 3.05) is 4.31 Å². The lowest BCUT2D eigenvalue weighted by molar-refractivity contribution is 0.422. The molecule has 3 rings (SSSR count). The number of nitrogens with zero attached hydrogens (tertiary/aromatic N) is 2. The third kappa shape index (κ3) is 5.38. The highest BCUT2D eigenvalue weighted by Gasteiger charge is 2.29. The molecule has 0 atom stereocenters. The molecule has 0 fully saturated rings. The Kier molecular flexibility index (Phi) is 6.62. The standard InChI is InChI=1S/C27H34N2O3S/c1-19-10-12-22(13-11-19)33(31,32)29(21-9-8-14-28-17-21)18-20-15-23(26(2,3)4)25(30)24(16-20)27(5,6)7/h8-17,30H,18H2,1-7H3. The molecule has 5 nitrogen and oxygen atoms in total. The van der Waals surface area contributed by atoms with Gasteiger partial charge in [-0.25, -0.2) is 8.42 Å². The van der Waals surface area contributed by atoms with E-state index in [1.54, 1.807) is 48.8 Å². The van der Waals surface area contributed by atoms with Crippen LogP contribution in [-0.4, -0.2) is 18.5 Å². The van der Waals surface area contributed by atoms with Gasteiger partial charge in [-0.2, -0.15) is 0 Å². The lowest BCUT2D eigenvalue weighted by atomic mass is 9.78. The van der Waals surface area contributed by atoms with Crippen LogP contribution in [0.5, 0.6) is 5.75 Å². The molecule has 6 heteroatoms. The highest BCUT2D eigenvalue weighted by atomic mass is 32.2. The number of pyridine rings is 1. The lowest BCUT2D eigenvalue weighted by Crippen LogP contribution is -2.31. The fourth-order valence-electron chi connectivity index (χ4n) is 3.75. The summed E-state index contributed by atoms with van der Waals surface area (Å²) in [6.07, 6.45) is 3.18. The first-order valence-electron chi connectivity index (χ1n) is 11.1. The van der Waals surface area contributed by atoms with E-state index in [4.69, 9.17) is 0 Å². The average Bonchev–Trinajstić information content (AvgIpc) is 2.72. The zero-order valence-corrected chi connectivity index (χ0v) is 21.4. The third-order valence-electron chi connectivity index (χ3n) is 5.65. The first kappa shape index (κ1) is 24.8. The predicted octanol–water partition coefficient (Wildman–Crippen LogP) is 6.09.